The highest BCUT2D eigenvalue weighted by atomic mass is 19.1. The third kappa shape index (κ3) is 1.56. The smallest absolute Gasteiger partial charge is 0.141 e. The zero-order chi connectivity index (χ0) is 9.26. The molecule has 13 heavy (non-hydrogen) atoms. The van der Waals surface area contributed by atoms with Gasteiger partial charge in [0.15, 0.2) is 0 Å². The van der Waals surface area contributed by atoms with Crippen LogP contribution in [0.4, 0.5) is 4.39 Å². The van der Waals surface area contributed by atoms with Crippen LogP contribution in [-0.4, -0.2) is 11.5 Å². The summed E-state index contributed by atoms with van der Waals surface area (Å²) >= 11 is 0. The first-order chi connectivity index (χ1) is 6.31. The van der Waals surface area contributed by atoms with E-state index in [1.807, 2.05) is 0 Å². The molecule has 2 unspecified atom stereocenters. The van der Waals surface area contributed by atoms with Gasteiger partial charge in [-0.05, 0) is 42.9 Å². The Bertz CT molecular complexity index is 299. The maximum Gasteiger partial charge on any atom is 0.141 e. The molecule has 1 heterocycles. The van der Waals surface area contributed by atoms with E-state index in [2.05, 4.69) is 4.98 Å². The monoisotopic (exact) mass is 180 g/mol. The Balaban J connectivity index is 2.16. The molecular weight excluding hydrogens is 167 g/mol. The van der Waals surface area contributed by atoms with Crippen molar-refractivity contribution in [3.05, 3.63) is 29.8 Å². The fourth-order valence-corrected chi connectivity index (χ4v) is 1.92. The second kappa shape index (κ2) is 3.42. The Morgan fingerprint density at radius 3 is 2.85 bits per heavy atom. The summed E-state index contributed by atoms with van der Waals surface area (Å²) in [5.74, 6) is 0.719. The summed E-state index contributed by atoms with van der Waals surface area (Å²) in [7, 11) is 0. The third-order valence-electron chi connectivity index (χ3n) is 2.87. The Morgan fingerprint density at radius 2 is 2.31 bits per heavy atom. The lowest BCUT2D eigenvalue weighted by molar-refractivity contribution is 0.262. The molecule has 1 fully saturated rings. The van der Waals surface area contributed by atoms with Crippen molar-refractivity contribution in [2.75, 3.05) is 6.54 Å². The van der Waals surface area contributed by atoms with Crippen molar-refractivity contribution in [1.29, 1.82) is 0 Å². The fraction of sp³-hybridized carbons (Fsp3) is 0.500. The number of hydrogen-bond donors (Lipinski definition) is 1. The van der Waals surface area contributed by atoms with Crippen LogP contribution >= 0.6 is 0 Å². The van der Waals surface area contributed by atoms with Gasteiger partial charge in [0, 0.05) is 6.20 Å². The van der Waals surface area contributed by atoms with Gasteiger partial charge in [-0.15, -0.1) is 0 Å². The Kier molecular flexibility index (Phi) is 2.27. The van der Waals surface area contributed by atoms with Crippen molar-refractivity contribution in [3.63, 3.8) is 0 Å². The fourth-order valence-electron chi connectivity index (χ4n) is 1.92. The Labute approximate surface area is 77.0 Å². The number of pyridine rings is 1. The molecule has 2 atom stereocenters. The molecule has 0 spiro atoms. The van der Waals surface area contributed by atoms with Crippen LogP contribution in [0, 0.1) is 11.7 Å². The van der Waals surface area contributed by atoms with Crippen molar-refractivity contribution < 1.29 is 4.39 Å². The van der Waals surface area contributed by atoms with E-state index in [1.54, 1.807) is 12.3 Å². The maximum absolute atomic E-state index is 12.8. The van der Waals surface area contributed by atoms with Crippen LogP contribution in [0.25, 0.3) is 0 Å². The molecule has 0 radical (unpaired) electrons. The van der Waals surface area contributed by atoms with Gasteiger partial charge in [0.25, 0.3) is 0 Å². The summed E-state index contributed by atoms with van der Waals surface area (Å²) in [6, 6.07) is 1.57. The summed E-state index contributed by atoms with van der Waals surface area (Å²) < 4.78 is 12.8. The Morgan fingerprint density at radius 1 is 1.46 bits per heavy atom. The second-order valence-corrected chi connectivity index (χ2v) is 3.62. The molecule has 0 amide bonds. The molecule has 0 bridgehead atoms. The normalized spacial score (nSPS) is 26.9. The van der Waals surface area contributed by atoms with Crippen LogP contribution < -0.4 is 5.73 Å². The van der Waals surface area contributed by atoms with Crippen molar-refractivity contribution >= 4 is 0 Å². The molecule has 1 aromatic heterocycles. The molecule has 1 aliphatic rings. The van der Waals surface area contributed by atoms with E-state index in [9.17, 15) is 4.39 Å². The molecule has 1 aromatic rings. The standard InChI is InChI=1S/C10H13FN2/c11-9-3-8(5-13-6-9)10-2-1-7(10)4-12/h3,5-7,10H,1-2,4,12H2. The molecule has 0 aromatic carbocycles. The first-order valence-corrected chi connectivity index (χ1v) is 4.62. The molecule has 70 valence electrons. The lowest BCUT2D eigenvalue weighted by atomic mass is 9.70. The van der Waals surface area contributed by atoms with Gasteiger partial charge in [-0.3, -0.25) is 4.98 Å². The summed E-state index contributed by atoms with van der Waals surface area (Å²) in [5, 5.41) is 0. The molecule has 1 saturated carbocycles. The van der Waals surface area contributed by atoms with Gasteiger partial charge in [0.2, 0.25) is 0 Å². The van der Waals surface area contributed by atoms with E-state index in [1.165, 1.54) is 6.20 Å². The summed E-state index contributed by atoms with van der Waals surface area (Å²) in [5.41, 5.74) is 6.59. The lowest BCUT2D eigenvalue weighted by Crippen LogP contribution is -2.30. The van der Waals surface area contributed by atoms with Crippen LogP contribution in [0.1, 0.15) is 24.3 Å². The number of nitrogens with two attached hydrogens (primary N) is 1. The van der Waals surface area contributed by atoms with Crippen molar-refractivity contribution in [1.82, 2.24) is 4.98 Å². The van der Waals surface area contributed by atoms with Gasteiger partial charge in [-0.1, -0.05) is 0 Å². The van der Waals surface area contributed by atoms with Crippen LogP contribution in [0.2, 0.25) is 0 Å². The zero-order valence-corrected chi connectivity index (χ0v) is 7.41. The van der Waals surface area contributed by atoms with Crippen LogP contribution in [0.5, 0.6) is 0 Å². The van der Waals surface area contributed by atoms with Gasteiger partial charge in [0.1, 0.15) is 5.82 Å². The minimum atomic E-state index is -0.250. The molecule has 2 N–H and O–H groups in total. The predicted octanol–water partition coefficient (Wildman–Crippen LogP) is 1.67. The molecule has 0 aliphatic heterocycles. The van der Waals surface area contributed by atoms with Crippen LogP contribution in [0.15, 0.2) is 18.5 Å². The van der Waals surface area contributed by atoms with Gasteiger partial charge in [-0.2, -0.15) is 0 Å². The molecule has 2 nitrogen and oxygen atoms in total. The summed E-state index contributed by atoms with van der Waals surface area (Å²) in [4.78, 5) is 3.84. The second-order valence-electron chi connectivity index (χ2n) is 3.62. The van der Waals surface area contributed by atoms with E-state index in [0.29, 0.717) is 18.4 Å². The van der Waals surface area contributed by atoms with Crippen LogP contribution in [-0.2, 0) is 0 Å². The first kappa shape index (κ1) is 8.63. The highest BCUT2D eigenvalue weighted by molar-refractivity contribution is 5.19. The van der Waals surface area contributed by atoms with Gasteiger partial charge in [-0.25, -0.2) is 4.39 Å². The average Bonchev–Trinajstić information content (AvgIpc) is 2.03. The third-order valence-corrected chi connectivity index (χ3v) is 2.87. The van der Waals surface area contributed by atoms with Crippen LogP contribution in [0.3, 0.4) is 0 Å². The number of aromatic nitrogens is 1. The lowest BCUT2D eigenvalue weighted by Gasteiger charge is -2.35. The Hall–Kier alpha value is -0.960. The number of hydrogen-bond acceptors (Lipinski definition) is 2. The minimum absolute atomic E-state index is 0.250. The first-order valence-electron chi connectivity index (χ1n) is 4.62. The predicted molar refractivity (Wildman–Crippen MR) is 48.7 cm³/mol. The topological polar surface area (TPSA) is 38.9 Å². The highest BCUT2D eigenvalue weighted by Crippen LogP contribution is 2.41. The van der Waals surface area contributed by atoms with E-state index >= 15 is 0 Å². The van der Waals surface area contributed by atoms with E-state index in [-0.39, 0.29) is 5.82 Å². The van der Waals surface area contributed by atoms with E-state index < -0.39 is 0 Å². The number of nitrogens with zero attached hydrogens (tertiary/aromatic N) is 1. The number of halogens is 1. The largest absolute Gasteiger partial charge is 0.330 e. The van der Waals surface area contributed by atoms with E-state index in [0.717, 1.165) is 18.4 Å². The highest BCUT2D eigenvalue weighted by Gasteiger charge is 2.31. The van der Waals surface area contributed by atoms with Gasteiger partial charge in [0.05, 0.1) is 6.20 Å². The molecule has 0 saturated heterocycles. The van der Waals surface area contributed by atoms with Gasteiger partial charge < -0.3 is 5.73 Å². The number of rotatable bonds is 2. The molecule has 2 rings (SSSR count). The molecular formula is C10H13FN2. The molecule has 1 aliphatic carbocycles. The SMILES string of the molecule is NCC1CCC1c1cncc(F)c1. The van der Waals surface area contributed by atoms with Crippen molar-refractivity contribution in [3.8, 4) is 0 Å². The minimum Gasteiger partial charge on any atom is -0.330 e. The van der Waals surface area contributed by atoms with E-state index in [4.69, 9.17) is 5.73 Å². The van der Waals surface area contributed by atoms with Crippen molar-refractivity contribution in [2.45, 2.75) is 18.8 Å². The summed E-state index contributed by atoms with van der Waals surface area (Å²) in [6.07, 6.45) is 5.26. The summed E-state index contributed by atoms with van der Waals surface area (Å²) in [6.45, 7) is 0.696. The quantitative estimate of drug-likeness (QED) is 0.752. The average molecular weight is 180 g/mol. The zero-order valence-electron chi connectivity index (χ0n) is 7.41. The van der Waals surface area contributed by atoms with Gasteiger partial charge >= 0.3 is 0 Å². The maximum atomic E-state index is 12.8. The van der Waals surface area contributed by atoms with Crippen molar-refractivity contribution in [2.24, 2.45) is 11.7 Å². The molecule has 3 heteroatoms.